The Morgan fingerprint density at radius 2 is 1.78 bits per heavy atom. The van der Waals surface area contributed by atoms with Crippen LogP contribution in [0.3, 0.4) is 0 Å². The van der Waals surface area contributed by atoms with Crippen LogP contribution in [0.5, 0.6) is 0 Å². The van der Waals surface area contributed by atoms with Crippen molar-refractivity contribution in [2.45, 2.75) is 6.54 Å². The molecule has 1 aromatic heterocycles. The Morgan fingerprint density at radius 3 is 2.56 bits per heavy atom. The summed E-state index contributed by atoms with van der Waals surface area (Å²) in [4.78, 5) is 0. The van der Waals surface area contributed by atoms with E-state index in [1.165, 1.54) is 11.6 Å². The van der Waals surface area contributed by atoms with Crippen LogP contribution < -0.4 is 0 Å². The molecule has 0 unspecified atom stereocenters. The summed E-state index contributed by atoms with van der Waals surface area (Å²) in [6, 6.07) is 15.0. The summed E-state index contributed by atoms with van der Waals surface area (Å²) in [6.07, 6.45) is 1.99. The molecule has 90 valence electrons. The third kappa shape index (κ3) is 2.18. The van der Waals surface area contributed by atoms with E-state index >= 15 is 0 Å². The number of rotatable bonds is 2. The molecule has 0 aliphatic rings. The second-order valence-electron chi connectivity index (χ2n) is 4.27. The van der Waals surface area contributed by atoms with Gasteiger partial charge in [0, 0.05) is 17.2 Å². The summed E-state index contributed by atoms with van der Waals surface area (Å²) < 4.78 is 16.4. The van der Waals surface area contributed by atoms with Crippen LogP contribution in [0.15, 0.2) is 59.2 Å². The van der Waals surface area contributed by atoms with E-state index in [9.17, 15) is 4.39 Å². The van der Waals surface area contributed by atoms with Crippen molar-refractivity contribution in [1.29, 1.82) is 0 Å². The van der Waals surface area contributed by atoms with Crippen LogP contribution in [-0.4, -0.2) is 4.57 Å². The van der Waals surface area contributed by atoms with Gasteiger partial charge in [-0.3, -0.25) is 0 Å². The number of hydrogen-bond acceptors (Lipinski definition) is 0. The first-order valence-corrected chi connectivity index (χ1v) is 6.50. The van der Waals surface area contributed by atoms with Crippen molar-refractivity contribution in [1.82, 2.24) is 4.57 Å². The highest BCUT2D eigenvalue weighted by atomic mass is 79.9. The minimum atomic E-state index is -0.196. The van der Waals surface area contributed by atoms with Crippen molar-refractivity contribution >= 4 is 26.8 Å². The molecule has 0 radical (unpaired) electrons. The lowest BCUT2D eigenvalue weighted by atomic mass is 10.2. The van der Waals surface area contributed by atoms with E-state index in [-0.39, 0.29) is 5.82 Å². The molecule has 0 aliphatic carbocycles. The summed E-state index contributed by atoms with van der Waals surface area (Å²) in [5.41, 5.74) is 2.12. The van der Waals surface area contributed by atoms with Crippen LogP contribution >= 0.6 is 15.9 Å². The van der Waals surface area contributed by atoms with Gasteiger partial charge in [-0.1, -0.05) is 28.1 Å². The zero-order chi connectivity index (χ0) is 12.5. The van der Waals surface area contributed by atoms with Crippen molar-refractivity contribution in [2.24, 2.45) is 0 Å². The van der Waals surface area contributed by atoms with Crippen molar-refractivity contribution in [3.8, 4) is 0 Å². The average molecular weight is 304 g/mol. The quantitative estimate of drug-likeness (QED) is 0.652. The van der Waals surface area contributed by atoms with Crippen LogP contribution in [-0.2, 0) is 6.54 Å². The second-order valence-corrected chi connectivity index (χ2v) is 5.19. The molecule has 0 N–H and O–H groups in total. The smallest absolute Gasteiger partial charge is 0.125 e. The van der Waals surface area contributed by atoms with Crippen LogP contribution in [0.25, 0.3) is 10.9 Å². The topological polar surface area (TPSA) is 4.93 Å². The molecule has 0 atom stereocenters. The average Bonchev–Trinajstić information content (AvgIpc) is 2.75. The monoisotopic (exact) mass is 303 g/mol. The van der Waals surface area contributed by atoms with Gasteiger partial charge >= 0.3 is 0 Å². The minimum absolute atomic E-state index is 0.196. The molecule has 0 fully saturated rings. The molecule has 0 bridgehead atoms. The van der Waals surface area contributed by atoms with Crippen LogP contribution in [0.4, 0.5) is 4.39 Å². The number of fused-ring (bicyclic) bond motifs is 1. The van der Waals surface area contributed by atoms with Crippen LogP contribution in [0, 0.1) is 5.82 Å². The molecule has 0 amide bonds. The molecular formula is C15H11BrFN. The summed E-state index contributed by atoms with van der Waals surface area (Å²) in [5, 5.41) is 1.06. The normalized spacial score (nSPS) is 11.0. The van der Waals surface area contributed by atoms with Crippen LogP contribution in [0.2, 0.25) is 0 Å². The fourth-order valence-corrected chi connectivity index (χ4v) is 2.35. The summed E-state index contributed by atoms with van der Waals surface area (Å²) >= 11 is 3.42. The molecule has 3 aromatic rings. The van der Waals surface area contributed by atoms with Crippen molar-refractivity contribution in [2.75, 3.05) is 0 Å². The third-order valence-electron chi connectivity index (χ3n) is 3.00. The summed E-state index contributed by atoms with van der Waals surface area (Å²) in [7, 11) is 0. The predicted octanol–water partition coefficient (Wildman–Crippen LogP) is 4.59. The van der Waals surface area contributed by atoms with Crippen molar-refractivity contribution < 1.29 is 4.39 Å². The predicted molar refractivity (Wildman–Crippen MR) is 75.1 cm³/mol. The van der Waals surface area contributed by atoms with Crippen LogP contribution in [0.1, 0.15) is 5.56 Å². The number of nitrogens with zero attached hydrogens (tertiary/aromatic N) is 1. The van der Waals surface area contributed by atoms with E-state index in [1.807, 2.05) is 30.5 Å². The van der Waals surface area contributed by atoms with E-state index < -0.39 is 0 Å². The number of benzene rings is 2. The fourth-order valence-electron chi connectivity index (χ4n) is 2.08. The Morgan fingerprint density at radius 1 is 1.00 bits per heavy atom. The van der Waals surface area contributed by atoms with Gasteiger partial charge < -0.3 is 4.57 Å². The molecule has 1 heterocycles. The fraction of sp³-hybridized carbons (Fsp3) is 0.0667. The van der Waals surface area contributed by atoms with Gasteiger partial charge in [-0.25, -0.2) is 4.39 Å². The Labute approximate surface area is 113 Å². The maximum atomic E-state index is 13.3. The van der Waals surface area contributed by atoms with Gasteiger partial charge in [0.25, 0.3) is 0 Å². The number of hydrogen-bond donors (Lipinski definition) is 0. The lowest BCUT2D eigenvalue weighted by molar-refractivity contribution is 0.628. The first-order chi connectivity index (χ1) is 8.72. The maximum Gasteiger partial charge on any atom is 0.125 e. The second kappa shape index (κ2) is 4.58. The molecule has 0 saturated heterocycles. The van der Waals surface area contributed by atoms with Crippen molar-refractivity contribution in [3.05, 3.63) is 70.6 Å². The Balaban J connectivity index is 1.99. The molecule has 1 nitrogen and oxygen atoms in total. The van der Waals surface area contributed by atoms with E-state index in [1.54, 1.807) is 6.07 Å². The zero-order valence-corrected chi connectivity index (χ0v) is 11.2. The molecule has 2 aromatic carbocycles. The SMILES string of the molecule is Fc1ccc2ccn(Cc3ccc(Br)cc3)c2c1. The zero-order valence-electron chi connectivity index (χ0n) is 9.61. The standard InChI is InChI=1S/C15H11BrFN/c16-13-4-1-11(2-5-13)10-18-8-7-12-3-6-14(17)9-15(12)18/h1-9H,10H2. The summed E-state index contributed by atoms with van der Waals surface area (Å²) in [6.45, 7) is 0.750. The lowest BCUT2D eigenvalue weighted by Gasteiger charge is -2.06. The highest BCUT2D eigenvalue weighted by Crippen LogP contribution is 2.19. The van der Waals surface area contributed by atoms with E-state index in [4.69, 9.17) is 0 Å². The molecule has 0 spiro atoms. The third-order valence-corrected chi connectivity index (χ3v) is 3.53. The highest BCUT2D eigenvalue weighted by Gasteiger charge is 2.03. The van der Waals surface area contributed by atoms with Gasteiger partial charge in [0.2, 0.25) is 0 Å². The Bertz CT molecular complexity index is 685. The lowest BCUT2D eigenvalue weighted by Crippen LogP contribution is -1.97. The number of aromatic nitrogens is 1. The molecule has 0 aliphatic heterocycles. The maximum absolute atomic E-state index is 13.3. The Kier molecular flexibility index (Phi) is 2.92. The first kappa shape index (κ1) is 11.5. The largest absolute Gasteiger partial charge is 0.343 e. The van der Waals surface area contributed by atoms with Gasteiger partial charge in [0.1, 0.15) is 5.82 Å². The van der Waals surface area contributed by atoms with Gasteiger partial charge in [0.05, 0.1) is 5.52 Å². The number of halogens is 2. The van der Waals surface area contributed by atoms with E-state index in [0.717, 1.165) is 21.9 Å². The van der Waals surface area contributed by atoms with Crippen molar-refractivity contribution in [3.63, 3.8) is 0 Å². The molecular weight excluding hydrogens is 293 g/mol. The first-order valence-electron chi connectivity index (χ1n) is 5.71. The molecule has 3 rings (SSSR count). The van der Waals surface area contributed by atoms with E-state index in [0.29, 0.717) is 0 Å². The van der Waals surface area contributed by atoms with E-state index in [2.05, 4.69) is 32.6 Å². The van der Waals surface area contributed by atoms with Gasteiger partial charge in [-0.2, -0.15) is 0 Å². The minimum Gasteiger partial charge on any atom is -0.343 e. The van der Waals surface area contributed by atoms with Gasteiger partial charge in [-0.05, 0) is 47.3 Å². The molecule has 0 saturated carbocycles. The summed E-state index contributed by atoms with van der Waals surface area (Å²) in [5.74, 6) is -0.196. The molecule has 18 heavy (non-hydrogen) atoms. The van der Waals surface area contributed by atoms with Gasteiger partial charge in [0.15, 0.2) is 0 Å². The highest BCUT2D eigenvalue weighted by molar-refractivity contribution is 9.10. The Hall–Kier alpha value is -1.61. The molecule has 3 heteroatoms. The van der Waals surface area contributed by atoms with Gasteiger partial charge in [-0.15, -0.1) is 0 Å².